The Kier molecular flexibility index (Phi) is 5.85. The molecule has 1 aromatic rings. The van der Waals surface area contributed by atoms with E-state index in [9.17, 15) is 0 Å². The second kappa shape index (κ2) is 7.16. The minimum atomic E-state index is 0.560. The molecule has 5 nitrogen and oxygen atoms in total. The maximum absolute atomic E-state index is 4.33. The third kappa shape index (κ3) is 4.49. The second-order valence-corrected chi connectivity index (χ2v) is 4.87. The first-order valence-corrected chi connectivity index (χ1v) is 6.55. The van der Waals surface area contributed by atoms with E-state index < -0.39 is 0 Å². The standard InChI is InChI=1S/C13H25N5/c1-10(2)18(11(3)4)9-8-15-12-6-7-16-13(14-5)17-12/h6-7,10-11H,8-9H2,1-5H3,(H2,14,15,16,17). The van der Waals surface area contributed by atoms with Crippen molar-refractivity contribution in [2.45, 2.75) is 39.8 Å². The van der Waals surface area contributed by atoms with Gasteiger partial charge in [-0.1, -0.05) is 0 Å². The largest absolute Gasteiger partial charge is 0.369 e. The summed E-state index contributed by atoms with van der Waals surface area (Å²) >= 11 is 0. The highest BCUT2D eigenvalue weighted by atomic mass is 15.2. The number of aromatic nitrogens is 2. The second-order valence-electron chi connectivity index (χ2n) is 4.87. The number of nitrogens with zero attached hydrogens (tertiary/aromatic N) is 3. The van der Waals surface area contributed by atoms with Crippen molar-refractivity contribution in [1.29, 1.82) is 0 Å². The van der Waals surface area contributed by atoms with Crippen molar-refractivity contribution < 1.29 is 0 Å². The smallest absolute Gasteiger partial charge is 0.224 e. The van der Waals surface area contributed by atoms with Crippen LogP contribution in [0.25, 0.3) is 0 Å². The van der Waals surface area contributed by atoms with Gasteiger partial charge in [-0.3, -0.25) is 4.90 Å². The average Bonchev–Trinajstić information content (AvgIpc) is 2.34. The molecule has 1 heterocycles. The molecule has 0 saturated heterocycles. The summed E-state index contributed by atoms with van der Waals surface area (Å²) < 4.78 is 0. The van der Waals surface area contributed by atoms with Crippen molar-refractivity contribution in [3.8, 4) is 0 Å². The van der Waals surface area contributed by atoms with Crippen LogP contribution in [0.5, 0.6) is 0 Å². The van der Waals surface area contributed by atoms with Crippen LogP contribution in [0.4, 0.5) is 11.8 Å². The van der Waals surface area contributed by atoms with Crippen LogP contribution < -0.4 is 10.6 Å². The topological polar surface area (TPSA) is 53.1 Å². The highest BCUT2D eigenvalue weighted by Gasteiger charge is 2.12. The lowest BCUT2D eigenvalue weighted by molar-refractivity contribution is 0.182. The molecule has 0 saturated carbocycles. The van der Waals surface area contributed by atoms with E-state index in [4.69, 9.17) is 0 Å². The first-order chi connectivity index (χ1) is 8.54. The summed E-state index contributed by atoms with van der Waals surface area (Å²) in [5, 5.41) is 6.26. The lowest BCUT2D eigenvalue weighted by Crippen LogP contribution is -2.40. The molecule has 0 amide bonds. The first kappa shape index (κ1) is 14.7. The molecule has 0 aliphatic heterocycles. The minimum Gasteiger partial charge on any atom is -0.369 e. The average molecular weight is 251 g/mol. The van der Waals surface area contributed by atoms with Crippen molar-refractivity contribution in [1.82, 2.24) is 14.9 Å². The van der Waals surface area contributed by atoms with E-state index in [1.807, 2.05) is 13.1 Å². The van der Waals surface area contributed by atoms with Gasteiger partial charge in [-0.15, -0.1) is 0 Å². The fourth-order valence-corrected chi connectivity index (χ4v) is 2.00. The Hall–Kier alpha value is -1.36. The molecule has 0 unspecified atom stereocenters. The van der Waals surface area contributed by atoms with Crippen molar-refractivity contribution >= 4 is 11.8 Å². The van der Waals surface area contributed by atoms with Crippen LogP contribution in [0, 0.1) is 0 Å². The van der Waals surface area contributed by atoms with Crippen molar-refractivity contribution in [2.75, 3.05) is 30.8 Å². The molecule has 18 heavy (non-hydrogen) atoms. The molecular formula is C13H25N5. The number of nitrogens with one attached hydrogen (secondary N) is 2. The Morgan fingerprint density at radius 2 is 1.89 bits per heavy atom. The molecule has 0 atom stereocenters. The van der Waals surface area contributed by atoms with E-state index in [1.165, 1.54) is 0 Å². The fourth-order valence-electron chi connectivity index (χ4n) is 2.00. The van der Waals surface area contributed by atoms with Gasteiger partial charge in [0.05, 0.1) is 0 Å². The number of hydrogen-bond donors (Lipinski definition) is 2. The monoisotopic (exact) mass is 251 g/mol. The van der Waals surface area contributed by atoms with Gasteiger partial charge in [-0.05, 0) is 33.8 Å². The van der Waals surface area contributed by atoms with Crippen LogP contribution in [-0.4, -0.2) is 47.1 Å². The van der Waals surface area contributed by atoms with Gasteiger partial charge in [-0.2, -0.15) is 4.98 Å². The fraction of sp³-hybridized carbons (Fsp3) is 0.692. The molecule has 0 bridgehead atoms. The summed E-state index contributed by atoms with van der Waals surface area (Å²) in [7, 11) is 1.82. The lowest BCUT2D eigenvalue weighted by atomic mass is 10.2. The van der Waals surface area contributed by atoms with E-state index in [1.54, 1.807) is 6.20 Å². The SMILES string of the molecule is CNc1nccc(NCCN(C(C)C)C(C)C)n1. The third-order valence-electron chi connectivity index (χ3n) is 2.88. The van der Waals surface area contributed by atoms with Gasteiger partial charge in [0.1, 0.15) is 5.82 Å². The molecule has 0 aliphatic rings. The van der Waals surface area contributed by atoms with Crippen LogP contribution in [0.1, 0.15) is 27.7 Å². The van der Waals surface area contributed by atoms with Gasteiger partial charge in [0.25, 0.3) is 0 Å². The quantitative estimate of drug-likeness (QED) is 0.777. The number of rotatable bonds is 7. The molecule has 1 rings (SSSR count). The predicted octanol–water partition coefficient (Wildman–Crippen LogP) is 2.05. The summed E-state index contributed by atoms with van der Waals surface area (Å²) in [6, 6.07) is 3.01. The maximum Gasteiger partial charge on any atom is 0.224 e. The lowest BCUT2D eigenvalue weighted by Gasteiger charge is -2.30. The molecule has 0 fully saturated rings. The van der Waals surface area contributed by atoms with E-state index >= 15 is 0 Å². The summed E-state index contributed by atoms with van der Waals surface area (Å²) in [6.07, 6.45) is 1.75. The summed E-state index contributed by atoms with van der Waals surface area (Å²) in [5.41, 5.74) is 0. The van der Waals surface area contributed by atoms with Crippen LogP contribution in [0.15, 0.2) is 12.3 Å². The molecule has 2 N–H and O–H groups in total. The van der Waals surface area contributed by atoms with Gasteiger partial charge in [0.2, 0.25) is 5.95 Å². The highest BCUT2D eigenvalue weighted by Crippen LogP contribution is 2.07. The maximum atomic E-state index is 4.33. The Morgan fingerprint density at radius 1 is 1.22 bits per heavy atom. The van der Waals surface area contributed by atoms with Gasteiger partial charge in [-0.25, -0.2) is 4.98 Å². The van der Waals surface area contributed by atoms with Crippen molar-refractivity contribution in [2.24, 2.45) is 0 Å². The van der Waals surface area contributed by atoms with Gasteiger partial charge >= 0.3 is 0 Å². The molecule has 1 aromatic heterocycles. The third-order valence-corrected chi connectivity index (χ3v) is 2.88. The van der Waals surface area contributed by atoms with E-state index in [2.05, 4.69) is 53.2 Å². The van der Waals surface area contributed by atoms with Gasteiger partial charge in [0, 0.05) is 38.4 Å². The molecule has 0 aromatic carbocycles. The predicted molar refractivity (Wildman–Crippen MR) is 77.0 cm³/mol. The van der Waals surface area contributed by atoms with Gasteiger partial charge < -0.3 is 10.6 Å². The zero-order valence-corrected chi connectivity index (χ0v) is 12.1. The number of anilines is 2. The number of hydrogen-bond acceptors (Lipinski definition) is 5. The van der Waals surface area contributed by atoms with E-state index in [-0.39, 0.29) is 0 Å². The molecule has 5 heteroatoms. The van der Waals surface area contributed by atoms with Crippen molar-refractivity contribution in [3.63, 3.8) is 0 Å². The zero-order valence-electron chi connectivity index (χ0n) is 12.1. The Morgan fingerprint density at radius 3 is 2.44 bits per heavy atom. The zero-order chi connectivity index (χ0) is 13.5. The minimum absolute atomic E-state index is 0.560. The van der Waals surface area contributed by atoms with Crippen LogP contribution in [0.3, 0.4) is 0 Å². The molecular weight excluding hydrogens is 226 g/mol. The summed E-state index contributed by atoms with van der Waals surface area (Å²) in [4.78, 5) is 10.9. The van der Waals surface area contributed by atoms with Crippen LogP contribution >= 0.6 is 0 Å². The first-order valence-electron chi connectivity index (χ1n) is 6.55. The van der Waals surface area contributed by atoms with E-state index in [0.717, 1.165) is 18.9 Å². The van der Waals surface area contributed by atoms with Crippen LogP contribution in [-0.2, 0) is 0 Å². The molecule has 0 aliphatic carbocycles. The molecule has 102 valence electrons. The normalized spacial score (nSPS) is 11.3. The molecule has 0 spiro atoms. The highest BCUT2D eigenvalue weighted by molar-refractivity contribution is 5.38. The van der Waals surface area contributed by atoms with Gasteiger partial charge in [0.15, 0.2) is 0 Å². The Bertz CT molecular complexity index is 343. The van der Waals surface area contributed by atoms with Crippen LogP contribution in [0.2, 0.25) is 0 Å². The summed E-state index contributed by atoms with van der Waals surface area (Å²) in [6.45, 7) is 10.8. The Balaban J connectivity index is 2.44. The molecule has 0 radical (unpaired) electrons. The Labute approximate surface area is 110 Å². The van der Waals surface area contributed by atoms with Crippen molar-refractivity contribution in [3.05, 3.63) is 12.3 Å². The van der Waals surface area contributed by atoms with E-state index in [0.29, 0.717) is 18.0 Å². The summed E-state index contributed by atoms with van der Waals surface area (Å²) in [5.74, 6) is 1.51.